The lowest BCUT2D eigenvalue weighted by atomic mass is 10.1. The van der Waals surface area contributed by atoms with Gasteiger partial charge in [0.05, 0.1) is 14.2 Å². The van der Waals surface area contributed by atoms with Crippen LogP contribution in [-0.2, 0) is 9.53 Å². The van der Waals surface area contributed by atoms with Gasteiger partial charge in [0.25, 0.3) is 0 Å². The molecule has 0 amide bonds. The molecular weight excluding hydrogens is 292 g/mol. The molecule has 0 spiro atoms. The van der Waals surface area contributed by atoms with E-state index in [2.05, 4.69) is 10.3 Å². The van der Waals surface area contributed by atoms with Gasteiger partial charge in [0.15, 0.2) is 6.04 Å². The predicted molar refractivity (Wildman–Crippen MR) is 80.6 cm³/mol. The van der Waals surface area contributed by atoms with Gasteiger partial charge in [-0.15, -0.1) is 0 Å². The monoisotopic (exact) mass is 306 g/mol. The molecule has 5 nitrogen and oxygen atoms in total. The van der Waals surface area contributed by atoms with Crippen LogP contribution >= 0.6 is 11.6 Å². The average molecular weight is 307 g/mol. The van der Waals surface area contributed by atoms with Crippen molar-refractivity contribution in [3.8, 4) is 5.88 Å². The maximum absolute atomic E-state index is 12.0. The topological polar surface area (TPSA) is 60.5 Å². The number of methoxy groups -OCH3 is 2. The Bertz CT molecular complexity index is 599. The molecule has 6 heteroatoms. The molecule has 0 aliphatic carbocycles. The molecule has 0 fully saturated rings. The molecular formula is C15H15ClN2O3. The number of nitrogens with zero attached hydrogens (tertiary/aromatic N) is 1. The van der Waals surface area contributed by atoms with E-state index in [1.165, 1.54) is 14.2 Å². The highest BCUT2D eigenvalue weighted by Gasteiger charge is 2.21. The Balaban J connectivity index is 2.25. The minimum absolute atomic E-state index is 0.406. The predicted octanol–water partition coefficient (Wildman–Crippen LogP) is 3.07. The lowest BCUT2D eigenvalue weighted by molar-refractivity contribution is -0.141. The van der Waals surface area contributed by atoms with Crippen molar-refractivity contribution in [2.45, 2.75) is 6.04 Å². The Morgan fingerprint density at radius 2 is 1.90 bits per heavy atom. The molecule has 0 saturated heterocycles. The number of esters is 1. The minimum Gasteiger partial charge on any atom is -0.481 e. The summed E-state index contributed by atoms with van der Waals surface area (Å²) in [5.41, 5.74) is 1.43. The van der Waals surface area contributed by atoms with E-state index in [0.29, 0.717) is 16.5 Å². The summed E-state index contributed by atoms with van der Waals surface area (Å²) >= 11 is 5.85. The van der Waals surface area contributed by atoms with Gasteiger partial charge in [0.1, 0.15) is 0 Å². The Labute approximate surface area is 127 Å². The van der Waals surface area contributed by atoms with Gasteiger partial charge < -0.3 is 14.8 Å². The van der Waals surface area contributed by atoms with E-state index in [9.17, 15) is 4.79 Å². The van der Waals surface area contributed by atoms with E-state index in [0.717, 1.165) is 5.69 Å². The maximum atomic E-state index is 12.0. The maximum Gasteiger partial charge on any atom is 0.333 e. The highest BCUT2D eigenvalue weighted by molar-refractivity contribution is 6.30. The Hall–Kier alpha value is -2.27. The summed E-state index contributed by atoms with van der Waals surface area (Å²) in [6, 6.07) is 9.85. The minimum atomic E-state index is -0.658. The summed E-state index contributed by atoms with van der Waals surface area (Å²) in [6.45, 7) is 0. The highest BCUT2D eigenvalue weighted by atomic mass is 35.5. The zero-order valence-corrected chi connectivity index (χ0v) is 12.4. The number of rotatable bonds is 5. The number of hydrogen-bond acceptors (Lipinski definition) is 5. The molecule has 1 aromatic carbocycles. The second kappa shape index (κ2) is 6.95. The van der Waals surface area contributed by atoms with Gasteiger partial charge in [-0.25, -0.2) is 9.78 Å². The van der Waals surface area contributed by atoms with Crippen LogP contribution in [0.1, 0.15) is 11.6 Å². The fourth-order valence-electron chi connectivity index (χ4n) is 1.79. The summed E-state index contributed by atoms with van der Waals surface area (Å²) in [7, 11) is 2.88. The van der Waals surface area contributed by atoms with E-state index in [-0.39, 0.29) is 0 Å². The van der Waals surface area contributed by atoms with Gasteiger partial charge in [0.2, 0.25) is 5.88 Å². The van der Waals surface area contributed by atoms with Gasteiger partial charge >= 0.3 is 5.97 Å². The smallest absolute Gasteiger partial charge is 0.333 e. The first-order valence-corrected chi connectivity index (χ1v) is 6.61. The number of carbonyl (C=O) groups is 1. The van der Waals surface area contributed by atoms with Crippen LogP contribution in [0.2, 0.25) is 5.02 Å². The van der Waals surface area contributed by atoms with Crippen LogP contribution in [0.15, 0.2) is 42.6 Å². The van der Waals surface area contributed by atoms with Gasteiger partial charge in [-0.05, 0) is 30.3 Å². The molecule has 2 rings (SSSR count). The molecule has 21 heavy (non-hydrogen) atoms. The molecule has 1 N–H and O–H groups in total. The standard InChI is InChI=1S/C15H15ClN2O3/c1-20-13-8-3-10(9-17-13)14(15(19)21-2)18-12-6-4-11(16)5-7-12/h3-9,14,18H,1-2H3. The summed E-state index contributed by atoms with van der Waals surface area (Å²) in [6.07, 6.45) is 1.57. The van der Waals surface area contributed by atoms with Crippen LogP contribution in [0.3, 0.4) is 0 Å². The lowest BCUT2D eigenvalue weighted by Crippen LogP contribution is -2.22. The number of ether oxygens (including phenoxy) is 2. The average Bonchev–Trinajstić information content (AvgIpc) is 2.54. The quantitative estimate of drug-likeness (QED) is 0.860. The van der Waals surface area contributed by atoms with E-state index < -0.39 is 12.0 Å². The molecule has 1 aromatic heterocycles. The Morgan fingerprint density at radius 3 is 2.43 bits per heavy atom. The van der Waals surface area contributed by atoms with Crippen molar-refractivity contribution in [3.63, 3.8) is 0 Å². The normalized spacial score (nSPS) is 11.6. The van der Waals surface area contributed by atoms with E-state index in [1.807, 2.05) is 0 Å². The number of pyridine rings is 1. The number of halogens is 1. The number of anilines is 1. The van der Waals surface area contributed by atoms with E-state index >= 15 is 0 Å². The molecule has 1 atom stereocenters. The lowest BCUT2D eigenvalue weighted by Gasteiger charge is -2.18. The molecule has 110 valence electrons. The summed E-state index contributed by atoms with van der Waals surface area (Å²) in [4.78, 5) is 16.1. The molecule has 2 aromatic rings. The highest BCUT2D eigenvalue weighted by Crippen LogP contribution is 2.23. The van der Waals surface area contributed by atoms with Gasteiger partial charge in [0, 0.05) is 28.5 Å². The van der Waals surface area contributed by atoms with Crippen LogP contribution in [0.5, 0.6) is 5.88 Å². The molecule has 0 saturated carbocycles. The van der Waals surface area contributed by atoms with Crippen molar-refractivity contribution in [1.82, 2.24) is 4.98 Å². The Morgan fingerprint density at radius 1 is 1.19 bits per heavy atom. The zero-order chi connectivity index (χ0) is 15.2. The SMILES string of the molecule is COC(=O)C(Nc1ccc(Cl)cc1)c1ccc(OC)nc1. The number of hydrogen-bond donors (Lipinski definition) is 1. The number of carbonyl (C=O) groups excluding carboxylic acids is 1. The molecule has 1 unspecified atom stereocenters. The van der Waals surface area contributed by atoms with Crippen molar-refractivity contribution in [2.24, 2.45) is 0 Å². The number of benzene rings is 1. The van der Waals surface area contributed by atoms with Gasteiger partial charge in [-0.3, -0.25) is 0 Å². The molecule has 0 bridgehead atoms. The van der Waals surface area contributed by atoms with Crippen LogP contribution < -0.4 is 10.1 Å². The van der Waals surface area contributed by atoms with Crippen LogP contribution in [0.4, 0.5) is 5.69 Å². The van der Waals surface area contributed by atoms with Crippen molar-refractivity contribution in [1.29, 1.82) is 0 Å². The van der Waals surface area contributed by atoms with Crippen LogP contribution in [0, 0.1) is 0 Å². The molecule has 1 heterocycles. The van der Waals surface area contributed by atoms with Crippen molar-refractivity contribution in [2.75, 3.05) is 19.5 Å². The molecule has 0 aliphatic rings. The largest absolute Gasteiger partial charge is 0.481 e. The first-order chi connectivity index (χ1) is 10.1. The molecule has 0 radical (unpaired) electrons. The number of nitrogens with one attached hydrogen (secondary N) is 1. The third kappa shape index (κ3) is 3.86. The van der Waals surface area contributed by atoms with E-state index in [1.54, 1.807) is 42.6 Å². The van der Waals surface area contributed by atoms with Crippen LogP contribution in [-0.4, -0.2) is 25.2 Å². The van der Waals surface area contributed by atoms with Crippen molar-refractivity contribution in [3.05, 3.63) is 53.2 Å². The zero-order valence-electron chi connectivity index (χ0n) is 11.7. The second-order valence-electron chi connectivity index (χ2n) is 4.24. The first-order valence-electron chi connectivity index (χ1n) is 6.24. The summed E-state index contributed by atoms with van der Waals surface area (Å²) in [5.74, 6) is 0.0748. The molecule has 0 aliphatic heterocycles. The fourth-order valence-corrected chi connectivity index (χ4v) is 1.92. The van der Waals surface area contributed by atoms with Crippen molar-refractivity contribution < 1.29 is 14.3 Å². The van der Waals surface area contributed by atoms with Gasteiger partial charge in [-0.1, -0.05) is 11.6 Å². The summed E-state index contributed by atoms with van der Waals surface area (Å²) < 4.78 is 9.84. The Kier molecular flexibility index (Phi) is 5.00. The second-order valence-corrected chi connectivity index (χ2v) is 4.68. The van der Waals surface area contributed by atoms with Crippen LogP contribution in [0.25, 0.3) is 0 Å². The van der Waals surface area contributed by atoms with Gasteiger partial charge in [-0.2, -0.15) is 0 Å². The third-order valence-corrected chi connectivity index (χ3v) is 3.15. The summed E-state index contributed by atoms with van der Waals surface area (Å²) in [5, 5.41) is 3.72. The number of aromatic nitrogens is 1. The fraction of sp³-hybridized carbons (Fsp3) is 0.200. The third-order valence-electron chi connectivity index (χ3n) is 2.89. The first kappa shape index (κ1) is 15.1. The van der Waals surface area contributed by atoms with Crippen molar-refractivity contribution >= 4 is 23.3 Å². The van der Waals surface area contributed by atoms with E-state index in [4.69, 9.17) is 21.1 Å².